The molecule has 1 aliphatic heterocycles. The molecule has 1 aromatic carbocycles. The second-order valence-electron chi connectivity index (χ2n) is 5.42. The van der Waals surface area contributed by atoms with Crippen molar-refractivity contribution in [3.63, 3.8) is 0 Å². The van der Waals surface area contributed by atoms with Crippen molar-refractivity contribution in [2.75, 3.05) is 56.6 Å². The smallest absolute Gasteiger partial charge is 0.239 e. The average Bonchev–Trinajstić information content (AvgIpc) is 2.55. The van der Waals surface area contributed by atoms with E-state index in [9.17, 15) is 9.59 Å². The highest BCUT2D eigenvalue weighted by atomic mass is 16.5. The number of hydrogen-bond acceptors (Lipinski definition) is 5. The zero-order valence-electron chi connectivity index (χ0n) is 13.4. The number of benzene rings is 1. The predicted molar refractivity (Wildman–Crippen MR) is 89.5 cm³/mol. The maximum Gasteiger partial charge on any atom is 0.239 e. The number of carbonyl (C=O) groups is 2. The van der Waals surface area contributed by atoms with Crippen LogP contribution in [-0.4, -0.2) is 62.7 Å². The lowest BCUT2D eigenvalue weighted by Gasteiger charge is -2.26. The Morgan fingerprint density at radius 1 is 1.13 bits per heavy atom. The highest BCUT2D eigenvalue weighted by Gasteiger charge is 2.10. The fourth-order valence-electron chi connectivity index (χ4n) is 2.30. The summed E-state index contributed by atoms with van der Waals surface area (Å²) in [5.41, 5.74) is 1.57. The molecule has 0 aromatic heterocycles. The molecule has 0 radical (unpaired) electrons. The van der Waals surface area contributed by atoms with Crippen LogP contribution in [0, 0.1) is 0 Å². The Kier molecular flexibility index (Phi) is 6.83. The van der Waals surface area contributed by atoms with Crippen LogP contribution < -0.4 is 16.0 Å². The number of morpholine rings is 1. The van der Waals surface area contributed by atoms with Gasteiger partial charge in [0.2, 0.25) is 11.8 Å². The van der Waals surface area contributed by atoms with E-state index in [-0.39, 0.29) is 18.4 Å². The molecule has 2 rings (SSSR count). The van der Waals surface area contributed by atoms with Gasteiger partial charge in [0.25, 0.3) is 0 Å². The normalized spacial score (nSPS) is 15.0. The fourth-order valence-corrected chi connectivity index (χ4v) is 2.30. The van der Waals surface area contributed by atoms with E-state index in [4.69, 9.17) is 4.74 Å². The van der Waals surface area contributed by atoms with Crippen LogP contribution >= 0.6 is 0 Å². The Balaban J connectivity index is 1.62. The second kappa shape index (κ2) is 9.12. The summed E-state index contributed by atoms with van der Waals surface area (Å²) in [5.74, 6) is -0.144. The minimum atomic E-state index is -0.106. The minimum Gasteiger partial charge on any atom is -0.379 e. The van der Waals surface area contributed by atoms with E-state index in [0.29, 0.717) is 6.54 Å². The van der Waals surface area contributed by atoms with Gasteiger partial charge in [-0.25, -0.2) is 0 Å². The number of nitrogens with zero attached hydrogens (tertiary/aromatic N) is 1. The molecule has 0 bridgehead atoms. The lowest BCUT2D eigenvalue weighted by Crippen LogP contribution is -2.42. The lowest BCUT2D eigenvalue weighted by atomic mass is 10.2. The van der Waals surface area contributed by atoms with Gasteiger partial charge in [-0.15, -0.1) is 0 Å². The first-order valence-corrected chi connectivity index (χ1v) is 7.82. The summed E-state index contributed by atoms with van der Waals surface area (Å²) in [6.45, 7) is 6.57. The van der Waals surface area contributed by atoms with Crippen molar-refractivity contribution in [2.45, 2.75) is 6.92 Å². The molecule has 0 aliphatic carbocycles. The molecule has 1 aromatic rings. The molecular formula is C16H24N4O3. The van der Waals surface area contributed by atoms with Crippen LogP contribution in [-0.2, 0) is 14.3 Å². The quantitative estimate of drug-likeness (QED) is 0.682. The van der Waals surface area contributed by atoms with E-state index in [1.807, 2.05) is 12.1 Å². The third-order valence-electron chi connectivity index (χ3n) is 3.51. The van der Waals surface area contributed by atoms with Gasteiger partial charge in [-0.2, -0.15) is 0 Å². The van der Waals surface area contributed by atoms with Crippen LogP contribution in [0.25, 0.3) is 0 Å². The zero-order valence-corrected chi connectivity index (χ0v) is 13.4. The van der Waals surface area contributed by atoms with Gasteiger partial charge in [-0.3, -0.25) is 14.5 Å². The van der Waals surface area contributed by atoms with E-state index in [1.165, 1.54) is 6.92 Å². The lowest BCUT2D eigenvalue weighted by molar-refractivity contribution is -0.119. The standard InChI is InChI=1S/C16H24N4O3/c1-13(21)19-15-4-2-14(3-5-15)18-12-16(22)17-6-7-20-8-10-23-11-9-20/h2-5,18H,6-12H2,1H3,(H,17,22)(H,19,21). The van der Waals surface area contributed by atoms with Gasteiger partial charge in [0.15, 0.2) is 0 Å². The SMILES string of the molecule is CC(=O)Nc1ccc(NCC(=O)NCCN2CCOCC2)cc1. The first kappa shape index (κ1) is 17.2. The summed E-state index contributed by atoms with van der Waals surface area (Å²) >= 11 is 0. The molecule has 0 unspecified atom stereocenters. The van der Waals surface area contributed by atoms with Crippen molar-refractivity contribution in [2.24, 2.45) is 0 Å². The third kappa shape index (κ3) is 6.66. The number of ether oxygens (including phenoxy) is 1. The maximum absolute atomic E-state index is 11.8. The number of anilines is 2. The Labute approximate surface area is 136 Å². The Hall–Kier alpha value is -2.12. The summed E-state index contributed by atoms with van der Waals surface area (Å²) in [7, 11) is 0. The van der Waals surface area contributed by atoms with E-state index < -0.39 is 0 Å². The number of rotatable bonds is 7. The first-order chi connectivity index (χ1) is 11.1. The highest BCUT2D eigenvalue weighted by Crippen LogP contribution is 2.12. The summed E-state index contributed by atoms with van der Waals surface area (Å²) in [6, 6.07) is 7.23. The van der Waals surface area contributed by atoms with Crippen molar-refractivity contribution in [3.8, 4) is 0 Å². The highest BCUT2D eigenvalue weighted by molar-refractivity contribution is 5.88. The molecule has 2 amide bonds. The van der Waals surface area contributed by atoms with Crippen LogP contribution in [0.4, 0.5) is 11.4 Å². The van der Waals surface area contributed by atoms with Gasteiger partial charge in [-0.1, -0.05) is 0 Å². The average molecular weight is 320 g/mol. The molecular weight excluding hydrogens is 296 g/mol. The van der Waals surface area contributed by atoms with Gasteiger partial charge in [0.05, 0.1) is 19.8 Å². The van der Waals surface area contributed by atoms with Gasteiger partial charge >= 0.3 is 0 Å². The molecule has 0 spiro atoms. The molecule has 1 saturated heterocycles. The van der Waals surface area contributed by atoms with Crippen LogP contribution in [0.3, 0.4) is 0 Å². The number of hydrogen-bond donors (Lipinski definition) is 3. The summed E-state index contributed by atoms with van der Waals surface area (Å²) in [6.07, 6.45) is 0. The molecule has 126 valence electrons. The van der Waals surface area contributed by atoms with Gasteiger partial charge in [0, 0.05) is 44.5 Å². The van der Waals surface area contributed by atoms with Gasteiger partial charge in [0.1, 0.15) is 0 Å². The van der Waals surface area contributed by atoms with E-state index in [2.05, 4.69) is 20.9 Å². The number of carbonyl (C=O) groups excluding carboxylic acids is 2. The van der Waals surface area contributed by atoms with Crippen LogP contribution in [0.5, 0.6) is 0 Å². The molecule has 3 N–H and O–H groups in total. The number of nitrogens with one attached hydrogen (secondary N) is 3. The topological polar surface area (TPSA) is 82.7 Å². The Bertz CT molecular complexity index is 513. The molecule has 7 nitrogen and oxygen atoms in total. The number of amides is 2. The summed E-state index contributed by atoms with van der Waals surface area (Å²) < 4.78 is 5.28. The van der Waals surface area contributed by atoms with Crippen molar-refractivity contribution < 1.29 is 14.3 Å². The van der Waals surface area contributed by atoms with Crippen LogP contribution in [0.1, 0.15) is 6.92 Å². The summed E-state index contributed by atoms with van der Waals surface area (Å²) in [4.78, 5) is 25.0. The van der Waals surface area contributed by atoms with E-state index in [1.54, 1.807) is 12.1 Å². The molecule has 0 saturated carbocycles. The van der Waals surface area contributed by atoms with Crippen LogP contribution in [0.15, 0.2) is 24.3 Å². The molecule has 7 heteroatoms. The zero-order chi connectivity index (χ0) is 16.5. The molecule has 0 atom stereocenters. The predicted octanol–water partition coefficient (Wildman–Crippen LogP) is 0.505. The van der Waals surface area contributed by atoms with Crippen molar-refractivity contribution in [1.29, 1.82) is 0 Å². The first-order valence-electron chi connectivity index (χ1n) is 7.82. The minimum absolute atomic E-state index is 0.0378. The van der Waals surface area contributed by atoms with Crippen molar-refractivity contribution >= 4 is 23.2 Å². The van der Waals surface area contributed by atoms with Gasteiger partial charge < -0.3 is 20.7 Å². The van der Waals surface area contributed by atoms with Crippen molar-refractivity contribution in [1.82, 2.24) is 10.2 Å². The molecule has 23 heavy (non-hydrogen) atoms. The second-order valence-corrected chi connectivity index (χ2v) is 5.42. The van der Waals surface area contributed by atoms with Crippen LogP contribution in [0.2, 0.25) is 0 Å². The molecule has 1 aliphatic rings. The Morgan fingerprint density at radius 2 is 1.78 bits per heavy atom. The monoisotopic (exact) mass is 320 g/mol. The van der Waals surface area contributed by atoms with E-state index in [0.717, 1.165) is 44.2 Å². The van der Waals surface area contributed by atoms with E-state index >= 15 is 0 Å². The maximum atomic E-state index is 11.8. The Morgan fingerprint density at radius 3 is 2.43 bits per heavy atom. The largest absolute Gasteiger partial charge is 0.379 e. The fraction of sp³-hybridized carbons (Fsp3) is 0.500. The molecule has 1 heterocycles. The van der Waals surface area contributed by atoms with Gasteiger partial charge in [-0.05, 0) is 24.3 Å². The third-order valence-corrected chi connectivity index (χ3v) is 3.51. The molecule has 1 fully saturated rings. The summed E-state index contributed by atoms with van der Waals surface area (Å²) in [5, 5.41) is 8.65. The van der Waals surface area contributed by atoms with Crippen molar-refractivity contribution in [3.05, 3.63) is 24.3 Å².